The van der Waals surface area contributed by atoms with E-state index < -0.39 is 40.4 Å². The van der Waals surface area contributed by atoms with E-state index in [0.717, 1.165) is 12.1 Å². The van der Waals surface area contributed by atoms with Gasteiger partial charge in [-0.05, 0) is 24.6 Å². The third-order valence-corrected chi connectivity index (χ3v) is 5.76. The number of hydrogen-bond donors (Lipinski definition) is 2. The number of carboxylic acid groups (broad SMARTS) is 1. The van der Waals surface area contributed by atoms with Gasteiger partial charge in [0.15, 0.2) is 5.75 Å². The van der Waals surface area contributed by atoms with Crippen molar-refractivity contribution in [1.82, 2.24) is 15.3 Å². The number of halogens is 3. The van der Waals surface area contributed by atoms with E-state index in [1.165, 1.54) is 37.5 Å². The van der Waals surface area contributed by atoms with Gasteiger partial charge in [-0.1, -0.05) is 18.2 Å². The zero-order chi connectivity index (χ0) is 22.8. The molecule has 0 aliphatic carbocycles. The molecule has 11 heteroatoms. The first kappa shape index (κ1) is 22.3. The molecule has 2 N–H and O–H groups in total. The van der Waals surface area contributed by atoms with Crippen LogP contribution in [0.4, 0.5) is 13.2 Å². The fourth-order valence-electron chi connectivity index (χ4n) is 3.33. The summed E-state index contributed by atoms with van der Waals surface area (Å²) in [6.07, 6.45) is -2.04. The molecule has 1 aromatic carbocycles. The zero-order valence-electron chi connectivity index (χ0n) is 16.0. The average Bonchev–Trinajstić information content (AvgIpc) is 2.73. The van der Waals surface area contributed by atoms with E-state index in [4.69, 9.17) is 0 Å². The van der Waals surface area contributed by atoms with Gasteiger partial charge in [-0.2, -0.15) is 28.4 Å². The highest BCUT2D eigenvalue weighted by Crippen LogP contribution is 2.43. The maximum Gasteiger partial charge on any atom is 0.416 e. The van der Waals surface area contributed by atoms with E-state index in [1.54, 1.807) is 0 Å². The number of nitrogens with zero attached hydrogens (tertiary/aromatic N) is 3. The van der Waals surface area contributed by atoms with Crippen molar-refractivity contribution in [2.24, 2.45) is 0 Å². The van der Waals surface area contributed by atoms with Crippen LogP contribution in [0.2, 0.25) is 0 Å². The van der Waals surface area contributed by atoms with E-state index in [0.29, 0.717) is 0 Å². The van der Waals surface area contributed by atoms with Gasteiger partial charge in [0.1, 0.15) is 0 Å². The van der Waals surface area contributed by atoms with E-state index in [-0.39, 0.29) is 33.4 Å². The van der Waals surface area contributed by atoms with Crippen LogP contribution in [-0.4, -0.2) is 31.3 Å². The van der Waals surface area contributed by atoms with Gasteiger partial charge in [0.2, 0.25) is 0 Å². The minimum atomic E-state index is -4.76. The number of benzene rings is 1. The summed E-state index contributed by atoms with van der Waals surface area (Å²) in [6.45, 7) is 1.45. The minimum absolute atomic E-state index is 0.0542. The van der Waals surface area contributed by atoms with Crippen molar-refractivity contribution in [3.05, 3.63) is 76.4 Å². The number of dihydropyridines is 1. The first-order valence-corrected chi connectivity index (χ1v) is 10.1. The summed E-state index contributed by atoms with van der Waals surface area (Å²) in [5, 5.41) is 22.2. The number of alkyl halides is 3. The van der Waals surface area contributed by atoms with Crippen molar-refractivity contribution < 1.29 is 27.6 Å². The molecule has 0 saturated heterocycles. The molecule has 0 spiro atoms. The zero-order valence-corrected chi connectivity index (χ0v) is 16.8. The first-order valence-electron chi connectivity index (χ1n) is 8.80. The molecular weight excluding hydrogens is 433 g/mol. The number of rotatable bonds is 5. The van der Waals surface area contributed by atoms with Gasteiger partial charge in [0.05, 0.1) is 34.4 Å². The Morgan fingerprint density at radius 3 is 2.52 bits per heavy atom. The maximum absolute atomic E-state index is 13.6. The molecule has 0 amide bonds. The second-order valence-corrected chi connectivity index (χ2v) is 7.86. The molecule has 160 valence electrons. The number of aliphatic carboxylic acids is 1. The van der Waals surface area contributed by atoms with Gasteiger partial charge in [-0.15, -0.1) is 0 Å². The van der Waals surface area contributed by atoms with Crippen LogP contribution in [0.3, 0.4) is 0 Å². The lowest BCUT2D eigenvalue weighted by Gasteiger charge is -2.30. The molecule has 1 aliphatic rings. The molecular formula is C20H15F3N4O3S. The predicted molar refractivity (Wildman–Crippen MR) is 104 cm³/mol. The smallest absolute Gasteiger partial charge is 0.416 e. The van der Waals surface area contributed by atoms with Gasteiger partial charge >= 0.3 is 17.3 Å². The topological polar surface area (TPSA) is 122 Å². The van der Waals surface area contributed by atoms with Crippen molar-refractivity contribution in [3.63, 3.8) is 0 Å². The predicted octanol–water partition coefficient (Wildman–Crippen LogP) is 3.13. The van der Waals surface area contributed by atoms with E-state index in [9.17, 15) is 32.9 Å². The van der Waals surface area contributed by atoms with Crippen LogP contribution in [0, 0.1) is 11.3 Å². The SMILES string of the molecule is CC1=C(C#N)C(c2ccccc2C(F)(F)F)C(C(=O)O)=C(C[S+]([O-])c2ncccn2)N1. The number of nitrogens with one attached hydrogen (secondary N) is 1. The molecule has 31 heavy (non-hydrogen) atoms. The van der Waals surface area contributed by atoms with Crippen LogP contribution < -0.4 is 5.32 Å². The number of allylic oxidation sites excluding steroid dienone is 2. The molecule has 2 heterocycles. The lowest BCUT2D eigenvalue weighted by Crippen LogP contribution is -2.33. The number of nitriles is 1. The van der Waals surface area contributed by atoms with Crippen molar-refractivity contribution >= 4 is 17.1 Å². The molecule has 2 atom stereocenters. The fourth-order valence-corrected chi connectivity index (χ4v) is 4.30. The highest BCUT2D eigenvalue weighted by molar-refractivity contribution is 7.91. The Bertz CT molecular complexity index is 1110. The maximum atomic E-state index is 13.6. The third kappa shape index (κ3) is 4.55. The summed E-state index contributed by atoms with van der Waals surface area (Å²) < 4.78 is 53.6. The summed E-state index contributed by atoms with van der Waals surface area (Å²) in [5.41, 5.74) is -1.97. The summed E-state index contributed by atoms with van der Waals surface area (Å²) in [4.78, 5) is 19.9. The van der Waals surface area contributed by atoms with Crippen molar-refractivity contribution in [1.29, 1.82) is 5.26 Å². The summed E-state index contributed by atoms with van der Waals surface area (Å²) >= 11 is -1.87. The van der Waals surface area contributed by atoms with Gasteiger partial charge in [0.25, 0.3) is 0 Å². The Hall–Kier alpha value is -3.36. The van der Waals surface area contributed by atoms with Crippen LogP contribution in [0.15, 0.2) is 70.4 Å². The monoisotopic (exact) mass is 448 g/mol. The number of hydrogen-bond acceptors (Lipinski definition) is 6. The quantitative estimate of drug-likeness (QED) is 0.532. The normalized spacial score (nSPS) is 17.7. The van der Waals surface area contributed by atoms with Crippen LogP contribution in [-0.2, 0) is 22.1 Å². The Labute approximate surface area is 178 Å². The highest BCUT2D eigenvalue weighted by atomic mass is 32.2. The molecule has 0 bridgehead atoms. The Morgan fingerprint density at radius 2 is 1.94 bits per heavy atom. The lowest BCUT2D eigenvalue weighted by molar-refractivity contribution is -0.139. The van der Waals surface area contributed by atoms with Gasteiger partial charge in [0, 0.05) is 29.3 Å². The van der Waals surface area contributed by atoms with E-state index >= 15 is 0 Å². The van der Waals surface area contributed by atoms with Crippen LogP contribution >= 0.6 is 0 Å². The molecule has 3 rings (SSSR count). The molecule has 1 aromatic heterocycles. The molecule has 2 unspecified atom stereocenters. The standard InChI is InChI=1S/C20H15F3N4O3S/c1-11-13(9-24)16(12-5-2-3-6-14(12)20(21,22)23)17(18(28)29)15(27-11)10-31(30)19-25-7-4-8-26-19/h2-8,16,27H,10H2,1H3,(H,28,29). The largest absolute Gasteiger partial charge is 0.609 e. The highest BCUT2D eigenvalue weighted by Gasteiger charge is 2.42. The molecule has 0 fully saturated rings. The Morgan fingerprint density at radius 1 is 1.29 bits per heavy atom. The van der Waals surface area contributed by atoms with Gasteiger partial charge in [-0.25, -0.2) is 4.79 Å². The lowest BCUT2D eigenvalue weighted by atomic mass is 9.79. The average molecular weight is 448 g/mol. The molecule has 2 aromatic rings. The second-order valence-electron chi connectivity index (χ2n) is 6.51. The van der Waals surface area contributed by atoms with Crippen LogP contribution in [0.5, 0.6) is 0 Å². The van der Waals surface area contributed by atoms with Crippen molar-refractivity contribution in [2.45, 2.75) is 24.2 Å². The number of aromatic nitrogens is 2. The van der Waals surface area contributed by atoms with Crippen molar-refractivity contribution in [2.75, 3.05) is 5.75 Å². The Kier molecular flexibility index (Phi) is 6.33. The number of carbonyl (C=O) groups is 1. The number of carboxylic acids is 1. The second kappa shape index (κ2) is 8.79. The van der Waals surface area contributed by atoms with Crippen molar-refractivity contribution in [3.8, 4) is 6.07 Å². The van der Waals surface area contributed by atoms with E-state index in [2.05, 4.69) is 15.3 Å². The first-order chi connectivity index (χ1) is 14.6. The molecule has 7 nitrogen and oxygen atoms in total. The Balaban J connectivity index is 2.18. The molecule has 1 aliphatic heterocycles. The van der Waals surface area contributed by atoms with Gasteiger partial charge in [-0.3, -0.25) is 0 Å². The minimum Gasteiger partial charge on any atom is -0.609 e. The van der Waals surface area contributed by atoms with E-state index in [1.807, 2.05) is 6.07 Å². The fraction of sp³-hybridized carbons (Fsp3) is 0.200. The third-order valence-electron chi connectivity index (χ3n) is 4.59. The van der Waals surface area contributed by atoms with Crippen LogP contribution in [0.1, 0.15) is 24.0 Å². The summed E-state index contributed by atoms with van der Waals surface area (Å²) in [5.74, 6) is -3.41. The molecule has 0 radical (unpaired) electrons. The van der Waals surface area contributed by atoms with Gasteiger partial charge < -0.3 is 15.0 Å². The summed E-state index contributed by atoms with van der Waals surface area (Å²) in [6, 6.07) is 7.83. The summed E-state index contributed by atoms with van der Waals surface area (Å²) in [7, 11) is 0. The molecule has 0 saturated carbocycles. The van der Waals surface area contributed by atoms with Crippen LogP contribution in [0.25, 0.3) is 0 Å².